The highest BCUT2D eigenvalue weighted by atomic mass is 16.5. The summed E-state index contributed by atoms with van der Waals surface area (Å²) in [5, 5.41) is 3.14. The van der Waals surface area contributed by atoms with E-state index in [0.717, 1.165) is 12.0 Å². The van der Waals surface area contributed by atoms with Crippen LogP contribution in [0.3, 0.4) is 0 Å². The van der Waals surface area contributed by atoms with E-state index < -0.39 is 6.10 Å². The van der Waals surface area contributed by atoms with Crippen LogP contribution in [0, 0.1) is 0 Å². The summed E-state index contributed by atoms with van der Waals surface area (Å²) >= 11 is 0. The molecule has 0 fully saturated rings. The highest BCUT2D eigenvalue weighted by Crippen LogP contribution is 2.19. The predicted molar refractivity (Wildman–Crippen MR) is 104 cm³/mol. The number of benzene rings is 3. The molecule has 0 spiro atoms. The monoisotopic (exact) mass is 345 g/mol. The van der Waals surface area contributed by atoms with Crippen LogP contribution in [-0.4, -0.2) is 12.0 Å². The molecule has 2 unspecified atom stereocenters. The third-order valence-corrected chi connectivity index (χ3v) is 4.23. The van der Waals surface area contributed by atoms with E-state index >= 15 is 0 Å². The zero-order valence-corrected chi connectivity index (χ0v) is 14.8. The molecule has 3 aromatic carbocycles. The van der Waals surface area contributed by atoms with Crippen LogP contribution >= 0.6 is 0 Å². The minimum atomic E-state index is -0.570. The zero-order chi connectivity index (χ0) is 18.2. The van der Waals surface area contributed by atoms with Crippen molar-refractivity contribution < 1.29 is 9.53 Å². The van der Waals surface area contributed by atoms with E-state index in [1.807, 2.05) is 78.9 Å². The molecule has 3 rings (SSSR count). The third kappa shape index (κ3) is 4.96. The van der Waals surface area contributed by atoms with E-state index in [2.05, 4.69) is 17.4 Å². The van der Waals surface area contributed by atoms with Gasteiger partial charge in [0.05, 0.1) is 6.04 Å². The molecule has 26 heavy (non-hydrogen) atoms. The second-order valence-corrected chi connectivity index (χ2v) is 6.23. The predicted octanol–water partition coefficient (Wildman–Crippen LogP) is 4.55. The highest BCUT2D eigenvalue weighted by molar-refractivity contribution is 5.81. The van der Waals surface area contributed by atoms with Crippen molar-refractivity contribution in [1.29, 1.82) is 0 Å². The molecular weight excluding hydrogens is 322 g/mol. The van der Waals surface area contributed by atoms with E-state index in [4.69, 9.17) is 4.74 Å². The van der Waals surface area contributed by atoms with Gasteiger partial charge in [0, 0.05) is 0 Å². The lowest BCUT2D eigenvalue weighted by molar-refractivity contribution is -0.128. The maximum atomic E-state index is 12.7. The van der Waals surface area contributed by atoms with Gasteiger partial charge in [0.2, 0.25) is 0 Å². The van der Waals surface area contributed by atoms with Gasteiger partial charge < -0.3 is 10.1 Å². The molecule has 0 radical (unpaired) electrons. The second-order valence-electron chi connectivity index (χ2n) is 6.23. The molecule has 132 valence electrons. The lowest BCUT2D eigenvalue weighted by atomic mass is 9.98. The van der Waals surface area contributed by atoms with Crippen molar-refractivity contribution in [3.8, 4) is 5.75 Å². The number of para-hydroxylation sites is 1. The lowest BCUT2D eigenvalue weighted by Gasteiger charge is -2.22. The standard InChI is InChI=1S/C23H23NO2/c1-18(26-21-15-9-4-10-16-21)23(25)24-22(20-13-7-3-8-14-20)17-19-11-5-2-6-12-19/h2-16,18,22H,17H2,1H3,(H,24,25). The first-order valence-electron chi connectivity index (χ1n) is 8.83. The molecule has 0 aliphatic heterocycles. The Hall–Kier alpha value is -3.07. The van der Waals surface area contributed by atoms with Gasteiger partial charge in [0.25, 0.3) is 5.91 Å². The SMILES string of the molecule is CC(Oc1ccccc1)C(=O)NC(Cc1ccccc1)c1ccccc1. The number of carbonyl (C=O) groups excluding carboxylic acids is 1. The molecule has 0 heterocycles. The minimum Gasteiger partial charge on any atom is -0.481 e. The Morgan fingerprint density at radius 3 is 2.00 bits per heavy atom. The summed E-state index contributed by atoms with van der Waals surface area (Å²) in [6.45, 7) is 1.77. The van der Waals surface area contributed by atoms with E-state index in [0.29, 0.717) is 5.75 Å². The number of hydrogen-bond acceptors (Lipinski definition) is 2. The number of nitrogens with one attached hydrogen (secondary N) is 1. The summed E-state index contributed by atoms with van der Waals surface area (Å²) in [6, 6.07) is 29.5. The summed E-state index contributed by atoms with van der Waals surface area (Å²) in [5.41, 5.74) is 2.26. The van der Waals surface area contributed by atoms with Crippen molar-refractivity contribution in [1.82, 2.24) is 5.32 Å². The van der Waals surface area contributed by atoms with Gasteiger partial charge in [-0.3, -0.25) is 4.79 Å². The first kappa shape index (κ1) is 17.7. The van der Waals surface area contributed by atoms with Crippen molar-refractivity contribution >= 4 is 5.91 Å². The molecule has 0 saturated heterocycles. The topological polar surface area (TPSA) is 38.3 Å². The van der Waals surface area contributed by atoms with Crippen molar-refractivity contribution in [3.63, 3.8) is 0 Å². The Morgan fingerprint density at radius 1 is 0.846 bits per heavy atom. The Kier molecular flexibility index (Phi) is 6.05. The van der Waals surface area contributed by atoms with Crippen LogP contribution in [0.15, 0.2) is 91.0 Å². The Labute approximate surface area is 154 Å². The number of rotatable bonds is 7. The van der Waals surface area contributed by atoms with Crippen LogP contribution in [0.2, 0.25) is 0 Å². The highest BCUT2D eigenvalue weighted by Gasteiger charge is 2.20. The number of amides is 1. The summed E-state index contributed by atoms with van der Waals surface area (Å²) in [7, 11) is 0. The van der Waals surface area contributed by atoms with Crippen LogP contribution in [0.5, 0.6) is 5.75 Å². The van der Waals surface area contributed by atoms with E-state index in [9.17, 15) is 4.79 Å². The molecule has 3 heteroatoms. The fourth-order valence-electron chi connectivity index (χ4n) is 2.83. The van der Waals surface area contributed by atoms with E-state index in [1.165, 1.54) is 5.56 Å². The maximum absolute atomic E-state index is 12.7. The van der Waals surface area contributed by atoms with Crippen molar-refractivity contribution in [3.05, 3.63) is 102 Å². The Bertz CT molecular complexity index is 803. The quantitative estimate of drug-likeness (QED) is 0.682. The average Bonchev–Trinajstić information content (AvgIpc) is 2.69. The molecule has 0 saturated carbocycles. The van der Waals surface area contributed by atoms with Crippen LogP contribution in [0.25, 0.3) is 0 Å². The van der Waals surface area contributed by atoms with Crippen LogP contribution < -0.4 is 10.1 Å². The van der Waals surface area contributed by atoms with Crippen molar-refractivity contribution in [2.45, 2.75) is 25.5 Å². The summed E-state index contributed by atoms with van der Waals surface area (Å²) in [5.74, 6) is 0.563. The van der Waals surface area contributed by atoms with Gasteiger partial charge in [0.15, 0.2) is 6.10 Å². The fourth-order valence-corrected chi connectivity index (χ4v) is 2.83. The molecule has 1 amide bonds. The molecule has 0 aliphatic carbocycles. The van der Waals surface area contributed by atoms with Crippen molar-refractivity contribution in [2.24, 2.45) is 0 Å². The average molecular weight is 345 g/mol. The van der Waals surface area contributed by atoms with Crippen LogP contribution in [0.1, 0.15) is 24.1 Å². The van der Waals surface area contributed by atoms with Gasteiger partial charge in [-0.05, 0) is 36.6 Å². The summed E-state index contributed by atoms with van der Waals surface area (Å²) < 4.78 is 5.75. The summed E-state index contributed by atoms with van der Waals surface area (Å²) in [4.78, 5) is 12.7. The molecule has 0 aromatic heterocycles. The van der Waals surface area contributed by atoms with Gasteiger partial charge in [-0.2, -0.15) is 0 Å². The van der Waals surface area contributed by atoms with Crippen LogP contribution in [-0.2, 0) is 11.2 Å². The first-order chi connectivity index (χ1) is 12.7. The molecule has 0 bridgehead atoms. The van der Waals surface area contributed by atoms with Crippen molar-refractivity contribution in [2.75, 3.05) is 0 Å². The van der Waals surface area contributed by atoms with Gasteiger partial charge in [0.1, 0.15) is 5.75 Å². The first-order valence-corrected chi connectivity index (χ1v) is 8.83. The van der Waals surface area contributed by atoms with E-state index in [-0.39, 0.29) is 11.9 Å². The number of carbonyl (C=O) groups is 1. The summed E-state index contributed by atoms with van der Waals surface area (Å²) in [6.07, 6.45) is 0.161. The van der Waals surface area contributed by atoms with E-state index in [1.54, 1.807) is 6.92 Å². The number of hydrogen-bond donors (Lipinski definition) is 1. The molecule has 3 nitrogen and oxygen atoms in total. The maximum Gasteiger partial charge on any atom is 0.261 e. The van der Waals surface area contributed by atoms with Gasteiger partial charge in [-0.25, -0.2) is 0 Å². The fraction of sp³-hybridized carbons (Fsp3) is 0.174. The van der Waals surface area contributed by atoms with Gasteiger partial charge in [-0.15, -0.1) is 0 Å². The molecular formula is C23H23NO2. The van der Waals surface area contributed by atoms with Crippen LogP contribution in [0.4, 0.5) is 0 Å². The Balaban J connectivity index is 1.71. The zero-order valence-electron chi connectivity index (χ0n) is 14.8. The Morgan fingerprint density at radius 2 is 1.38 bits per heavy atom. The normalized spacial score (nSPS) is 12.8. The smallest absolute Gasteiger partial charge is 0.261 e. The molecule has 3 aromatic rings. The molecule has 0 aliphatic rings. The lowest BCUT2D eigenvalue weighted by Crippen LogP contribution is -2.39. The third-order valence-electron chi connectivity index (χ3n) is 4.23. The largest absolute Gasteiger partial charge is 0.481 e. The second kappa shape index (κ2) is 8.86. The minimum absolute atomic E-state index is 0.104. The molecule has 2 atom stereocenters. The molecule has 1 N–H and O–H groups in total. The van der Waals surface area contributed by atoms with Gasteiger partial charge in [-0.1, -0.05) is 78.9 Å². The van der Waals surface area contributed by atoms with Gasteiger partial charge >= 0.3 is 0 Å². The number of ether oxygens (including phenoxy) is 1.